The molecule has 0 aliphatic carbocycles. The minimum absolute atomic E-state index is 0.342. The van der Waals surface area contributed by atoms with Crippen LogP contribution in [0.1, 0.15) is 20.8 Å². The lowest BCUT2D eigenvalue weighted by atomic mass is 10.2. The van der Waals surface area contributed by atoms with Gasteiger partial charge in [-0.1, -0.05) is 0 Å². The van der Waals surface area contributed by atoms with Crippen LogP contribution in [0.25, 0.3) is 0 Å². The van der Waals surface area contributed by atoms with Crippen LogP contribution in [0.2, 0.25) is 0 Å². The molecule has 0 saturated carbocycles. The molecule has 0 aromatic heterocycles. The number of hydrogen-bond acceptors (Lipinski definition) is 3. The largest absolute Gasteiger partial charge is 0.497 e. The second kappa shape index (κ2) is 4.38. The molecular formula is C11H17NO3. The fourth-order valence-corrected chi connectivity index (χ4v) is 1.09. The van der Waals surface area contributed by atoms with Gasteiger partial charge >= 0.3 is 6.09 Å². The number of rotatable bonds is 1. The van der Waals surface area contributed by atoms with Gasteiger partial charge in [-0.25, -0.2) is 4.79 Å². The quantitative estimate of drug-likeness (QED) is 0.668. The molecule has 0 saturated heterocycles. The lowest BCUT2D eigenvalue weighted by Gasteiger charge is -2.25. The third-order valence-corrected chi connectivity index (χ3v) is 1.77. The molecule has 0 aromatic rings. The minimum atomic E-state index is -0.462. The van der Waals surface area contributed by atoms with Crippen LogP contribution in [0.4, 0.5) is 4.79 Å². The summed E-state index contributed by atoms with van der Waals surface area (Å²) in [6.45, 7) is 6.01. The first-order chi connectivity index (χ1) is 6.92. The molecular weight excluding hydrogens is 194 g/mol. The Kier molecular flexibility index (Phi) is 3.39. The topological polar surface area (TPSA) is 38.8 Å². The van der Waals surface area contributed by atoms with Crippen molar-refractivity contribution < 1.29 is 14.3 Å². The molecule has 4 heteroatoms. The third kappa shape index (κ3) is 3.65. The molecule has 0 aromatic carbocycles. The van der Waals surface area contributed by atoms with Gasteiger partial charge in [-0.15, -0.1) is 0 Å². The zero-order chi connectivity index (χ0) is 11.5. The Balaban J connectivity index is 2.52. The van der Waals surface area contributed by atoms with Gasteiger partial charge in [0, 0.05) is 6.20 Å². The third-order valence-electron chi connectivity index (χ3n) is 1.77. The summed E-state index contributed by atoms with van der Waals surface area (Å²) in [5.74, 6) is 0.759. The molecule has 1 rings (SSSR count). The number of amides is 1. The average Bonchev–Trinajstić information content (AvgIpc) is 2.15. The number of methoxy groups -OCH3 is 1. The van der Waals surface area contributed by atoms with Crippen LogP contribution < -0.4 is 0 Å². The van der Waals surface area contributed by atoms with Crippen molar-refractivity contribution in [3.05, 3.63) is 24.1 Å². The first-order valence-corrected chi connectivity index (χ1v) is 4.84. The Bertz CT molecular complexity index is 299. The molecule has 84 valence electrons. The van der Waals surface area contributed by atoms with Gasteiger partial charge in [0.15, 0.2) is 0 Å². The van der Waals surface area contributed by atoms with Crippen molar-refractivity contribution in [2.24, 2.45) is 0 Å². The molecule has 1 amide bonds. The van der Waals surface area contributed by atoms with Crippen LogP contribution in [0.5, 0.6) is 0 Å². The molecule has 1 aliphatic rings. The minimum Gasteiger partial charge on any atom is -0.497 e. The molecule has 1 aliphatic heterocycles. The Hall–Kier alpha value is -1.45. The monoisotopic (exact) mass is 211 g/mol. The molecule has 0 unspecified atom stereocenters. The number of allylic oxidation sites excluding steroid dienone is 1. The van der Waals surface area contributed by atoms with Gasteiger partial charge in [0.25, 0.3) is 0 Å². The number of carbonyl (C=O) groups is 1. The maximum atomic E-state index is 11.6. The lowest BCUT2D eigenvalue weighted by molar-refractivity contribution is 0.0347. The van der Waals surface area contributed by atoms with Crippen LogP contribution in [0.3, 0.4) is 0 Å². The van der Waals surface area contributed by atoms with Crippen molar-refractivity contribution in [2.45, 2.75) is 26.4 Å². The normalized spacial score (nSPS) is 16.0. The van der Waals surface area contributed by atoms with Crippen LogP contribution >= 0.6 is 0 Å². The molecule has 0 spiro atoms. The Labute approximate surface area is 90.2 Å². The van der Waals surface area contributed by atoms with E-state index in [9.17, 15) is 4.79 Å². The fourth-order valence-electron chi connectivity index (χ4n) is 1.09. The highest BCUT2D eigenvalue weighted by molar-refractivity contribution is 5.70. The van der Waals surface area contributed by atoms with E-state index in [4.69, 9.17) is 9.47 Å². The van der Waals surface area contributed by atoms with E-state index in [1.807, 2.05) is 26.8 Å². The van der Waals surface area contributed by atoms with Gasteiger partial charge < -0.3 is 9.47 Å². The summed E-state index contributed by atoms with van der Waals surface area (Å²) >= 11 is 0. The first kappa shape index (κ1) is 11.6. The summed E-state index contributed by atoms with van der Waals surface area (Å²) in [6.07, 6.45) is 4.87. The summed E-state index contributed by atoms with van der Waals surface area (Å²) in [5.41, 5.74) is -0.462. The van der Waals surface area contributed by atoms with Gasteiger partial charge in [-0.2, -0.15) is 0 Å². The van der Waals surface area contributed by atoms with Gasteiger partial charge in [0.2, 0.25) is 0 Å². The van der Waals surface area contributed by atoms with E-state index in [0.717, 1.165) is 5.76 Å². The standard InChI is InChI=1S/C11H17NO3/c1-11(2,3)15-10(13)12-7-5-9(14-4)6-8-12/h5-7H,8H2,1-4H3. The first-order valence-electron chi connectivity index (χ1n) is 4.84. The van der Waals surface area contributed by atoms with E-state index < -0.39 is 5.60 Å². The summed E-state index contributed by atoms with van der Waals surface area (Å²) in [7, 11) is 1.60. The summed E-state index contributed by atoms with van der Waals surface area (Å²) < 4.78 is 10.2. The highest BCUT2D eigenvalue weighted by Crippen LogP contribution is 2.13. The van der Waals surface area contributed by atoms with Crippen molar-refractivity contribution in [2.75, 3.05) is 13.7 Å². The van der Waals surface area contributed by atoms with E-state index in [0.29, 0.717) is 6.54 Å². The molecule has 0 atom stereocenters. The van der Waals surface area contributed by atoms with Gasteiger partial charge in [0.1, 0.15) is 11.4 Å². The van der Waals surface area contributed by atoms with Crippen LogP contribution in [0, 0.1) is 0 Å². The zero-order valence-corrected chi connectivity index (χ0v) is 9.61. The van der Waals surface area contributed by atoms with Crippen LogP contribution in [-0.4, -0.2) is 30.2 Å². The highest BCUT2D eigenvalue weighted by atomic mass is 16.6. The van der Waals surface area contributed by atoms with Crippen molar-refractivity contribution in [3.8, 4) is 0 Å². The molecule has 1 heterocycles. The van der Waals surface area contributed by atoms with Gasteiger partial charge in [-0.05, 0) is 32.9 Å². The molecule has 15 heavy (non-hydrogen) atoms. The maximum Gasteiger partial charge on any atom is 0.414 e. The van der Waals surface area contributed by atoms with Crippen molar-refractivity contribution in [1.29, 1.82) is 0 Å². The Morgan fingerprint density at radius 1 is 1.47 bits per heavy atom. The number of carbonyl (C=O) groups excluding carboxylic acids is 1. The molecule has 0 N–H and O–H groups in total. The second-order valence-electron chi connectivity index (χ2n) is 4.26. The summed E-state index contributed by atoms with van der Waals surface area (Å²) in [5, 5.41) is 0. The van der Waals surface area contributed by atoms with Crippen LogP contribution in [0.15, 0.2) is 24.1 Å². The zero-order valence-electron chi connectivity index (χ0n) is 9.61. The van der Waals surface area contributed by atoms with Crippen molar-refractivity contribution in [1.82, 2.24) is 4.90 Å². The Morgan fingerprint density at radius 2 is 2.13 bits per heavy atom. The van der Waals surface area contributed by atoms with Gasteiger partial charge in [-0.3, -0.25) is 4.90 Å². The predicted octanol–water partition coefficient (Wildman–Crippen LogP) is 2.28. The van der Waals surface area contributed by atoms with E-state index >= 15 is 0 Å². The SMILES string of the molecule is COC1=CCN(C(=O)OC(C)(C)C)C=C1. The van der Waals surface area contributed by atoms with E-state index in [2.05, 4.69) is 0 Å². The second-order valence-corrected chi connectivity index (χ2v) is 4.26. The predicted molar refractivity (Wildman–Crippen MR) is 57.2 cm³/mol. The molecule has 0 bridgehead atoms. The molecule has 0 radical (unpaired) electrons. The van der Waals surface area contributed by atoms with Crippen molar-refractivity contribution in [3.63, 3.8) is 0 Å². The smallest absolute Gasteiger partial charge is 0.414 e. The van der Waals surface area contributed by atoms with E-state index in [1.165, 1.54) is 4.90 Å². The highest BCUT2D eigenvalue weighted by Gasteiger charge is 2.21. The number of nitrogens with zero attached hydrogens (tertiary/aromatic N) is 1. The fraction of sp³-hybridized carbons (Fsp3) is 0.545. The maximum absolute atomic E-state index is 11.6. The molecule has 4 nitrogen and oxygen atoms in total. The van der Waals surface area contributed by atoms with Crippen LogP contribution in [-0.2, 0) is 9.47 Å². The average molecular weight is 211 g/mol. The summed E-state index contributed by atoms with van der Waals surface area (Å²) in [4.78, 5) is 13.1. The Morgan fingerprint density at radius 3 is 2.53 bits per heavy atom. The van der Waals surface area contributed by atoms with Gasteiger partial charge in [0.05, 0.1) is 13.7 Å². The summed E-state index contributed by atoms with van der Waals surface area (Å²) in [6, 6.07) is 0. The lowest BCUT2D eigenvalue weighted by Crippen LogP contribution is -2.34. The van der Waals surface area contributed by atoms with E-state index in [-0.39, 0.29) is 6.09 Å². The molecule has 0 fully saturated rings. The number of ether oxygens (including phenoxy) is 2. The van der Waals surface area contributed by atoms with E-state index in [1.54, 1.807) is 19.4 Å². The number of hydrogen-bond donors (Lipinski definition) is 0. The van der Waals surface area contributed by atoms with Crippen molar-refractivity contribution >= 4 is 6.09 Å².